The summed E-state index contributed by atoms with van der Waals surface area (Å²) in [5.41, 5.74) is 1.98. The van der Waals surface area contributed by atoms with Crippen molar-refractivity contribution >= 4 is 17.7 Å². The molecule has 3 rings (SSSR count). The molecule has 2 fully saturated rings. The Morgan fingerprint density at radius 3 is 2.83 bits per heavy atom. The molecular formula is C18H25NO3S. The molecule has 1 aromatic rings. The van der Waals surface area contributed by atoms with Gasteiger partial charge in [0, 0.05) is 36.4 Å². The number of aliphatic hydroxyl groups excluding tert-OH is 1. The third kappa shape index (κ3) is 3.73. The van der Waals surface area contributed by atoms with Crippen LogP contribution in [0.5, 0.6) is 0 Å². The molecule has 0 unspecified atom stereocenters. The number of rotatable bonds is 4. The van der Waals surface area contributed by atoms with Crippen LogP contribution in [0.15, 0.2) is 24.3 Å². The number of carbonyl (C=O) groups excluding carboxylic acids is 1. The van der Waals surface area contributed by atoms with Crippen molar-refractivity contribution in [3.05, 3.63) is 35.4 Å². The van der Waals surface area contributed by atoms with E-state index in [2.05, 4.69) is 6.26 Å². The van der Waals surface area contributed by atoms with Gasteiger partial charge in [-0.2, -0.15) is 11.8 Å². The van der Waals surface area contributed by atoms with Crippen molar-refractivity contribution in [2.24, 2.45) is 5.92 Å². The summed E-state index contributed by atoms with van der Waals surface area (Å²) in [4.78, 5) is 14.8. The largest absolute Gasteiger partial charge is 0.393 e. The summed E-state index contributed by atoms with van der Waals surface area (Å²) in [6.45, 7) is 1.96. The summed E-state index contributed by atoms with van der Waals surface area (Å²) >= 11 is 1.78. The van der Waals surface area contributed by atoms with Gasteiger partial charge in [-0.3, -0.25) is 4.79 Å². The number of amides is 1. The molecule has 2 aliphatic heterocycles. The second-order valence-corrected chi connectivity index (χ2v) is 7.30. The molecule has 0 saturated carbocycles. The van der Waals surface area contributed by atoms with Crippen LogP contribution in [-0.4, -0.2) is 54.1 Å². The number of benzene rings is 1. The third-order valence-corrected chi connectivity index (χ3v) is 5.55. The van der Waals surface area contributed by atoms with E-state index >= 15 is 0 Å². The molecule has 5 heteroatoms. The Morgan fingerprint density at radius 1 is 1.35 bits per heavy atom. The van der Waals surface area contributed by atoms with E-state index in [0.717, 1.165) is 30.7 Å². The van der Waals surface area contributed by atoms with E-state index in [1.54, 1.807) is 11.8 Å². The lowest BCUT2D eigenvalue weighted by molar-refractivity contribution is -0.0589. The van der Waals surface area contributed by atoms with Gasteiger partial charge in [0.05, 0.1) is 12.7 Å². The second-order valence-electron chi connectivity index (χ2n) is 6.43. The molecule has 126 valence electrons. The minimum absolute atomic E-state index is 0.0472. The first kappa shape index (κ1) is 16.8. The molecule has 0 radical (unpaired) electrons. The van der Waals surface area contributed by atoms with Crippen LogP contribution in [0, 0.1) is 5.92 Å². The molecule has 23 heavy (non-hydrogen) atoms. The molecule has 0 aliphatic carbocycles. The zero-order chi connectivity index (χ0) is 16.2. The topological polar surface area (TPSA) is 49.8 Å². The number of hydrogen-bond donors (Lipinski definition) is 1. The summed E-state index contributed by atoms with van der Waals surface area (Å²) in [6.07, 6.45) is 4.36. The van der Waals surface area contributed by atoms with Crippen LogP contribution in [0.4, 0.5) is 0 Å². The van der Waals surface area contributed by atoms with Crippen LogP contribution in [0.25, 0.3) is 0 Å². The number of carbonyl (C=O) groups is 1. The van der Waals surface area contributed by atoms with Gasteiger partial charge in [0.15, 0.2) is 0 Å². The number of aliphatic hydroxyl groups is 1. The summed E-state index contributed by atoms with van der Waals surface area (Å²) in [5, 5.41) is 10.3. The van der Waals surface area contributed by atoms with Crippen LogP contribution < -0.4 is 0 Å². The lowest BCUT2D eigenvalue weighted by Crippen LogP contribution is -2.48. The molecular weight excluding hydrogens is 310 g/mol. The highest BCUT2D eigenvalue weighted by Crippen LogP contribution is 2.31. The lowest BCUT2D eigenvalue weighted by Gasteiger charge is -2.37. The Kier molecular flexibility index (Phi) is 5.62. The number of hydrogen-bond acceptors (Lipinski definition) is 4. The highest BCUT2D eigenvalue weighted by atomic mass is 32.2. The van der Waals surface area contributed by atoms with Crippen molar-refractivity contribution in [1.29, 1.82) is 0 Å². The fourth-order valence-corrected chi connectivity index (χ4v) is 4.21. The Balaban J connectivity index is 1.72. The molecule has 2 saturated heterocycles. The Labute approximate surface area is 142 Å². The molecule has 2 heterocycles. The molecule has 2 aliphatic rings. The smallest absolute Gasteiger partial charge is 0.254 e. The van der Waals surface area contributed by atoms with E-state index in [9.17, 15) is 9.90 Å². The maximum atomic E-state index is 12.9. The average molecular weight is 335 g/mol. The Hall–Kier alpha value is -1.04. The van der Waals surface area contributed by atoms with Crippen LogP contribution in [0.2, 0.25) is 0 Å². The van der Waals surface area contributed by atoms with Gasteiger partial charge in [-0.05, 0) is 43.2 Å². The van der Waals surface area contributed by atoms with Gasteiger partial charge in [-0.1, -0.05) is 12.1 Å². The normalized spacial score (nSPS) is 28.1. The first-order valence-corrected chi connectivity index (χ1v) is 9.74. The highest BCUT2D eigenvalue weighted by Gasteiger charge is 2.39. The minimum Gasteiger partial charge on any atom is -0.393 e. The Morgan fingerprint density at radius 2 is 2.13 bits per heavy atom. The van der Waals surface area contributed by atoms with E-state index in [1.807, 2.05) is 29.2 Å². The van der Waals surface area contributed by atoms with Crippen LogP contribution in [-0.2, 0) is 10.5 Å². The lowest BCUT2D eigenvalue weighted by atomic mass is 9.89. The quantitative estimate of drug-likeness (QED) is 0.919. The predicted molar refractivity (Wildman–Crippen MR) is 92.7 cm³/mol. The molecule has 4 nitrogen and oxygen atoms in total. The van der Waals surface area contributed by atoms with Crippen molar-refractivity contribution in [2.75, 3.05) is 26.0 Å². The molecule has 1 amide bonds. The average Bonchev–Trinajstić information content (AvgIpc) is 3.05. The molecule has 0 bridgehead atoms. The molecule has 3 atom stereocenters. The zero-order valence-electron chi connectivity index (χ0n) is 13.6. The summed E-state index contributed by atoms with van der Waals surface area (Å²) in [6, 6.07) is 8.03. The van der Waals surface area contributed by atoms with Crippen LogP contribution in [0.1, 0.15) is 35.2 Å². The minimum atomic E-state index is -0.355. The highest BCUT2D eigenvalue weighted by molar-refractivity contribution is 7.97. The maximum absolute atomic E-state index is 12.9. The fourth-order valence-electron chi connectivity index (χ4n) is 3.68. The van der Waals surface area contributed by atoms with Crippen molar-refractivity contribution in [3.63, 3.8) is 0 Å². The van der Waals surface area contributed by atoms with Gasteiger partial charge in [0.1, 0.15) is 0 Å². The fraction of sp³-hybridized carbons (Fsp3) is 0.611. The Bertz CT molecular complexity index is 534. The van der Waals surface area contributed by atoms with E-state index < -0.39 is 0 Å². The van der Waals surface area contributed by atoms with Crippen molar-refractivity contribution in [2.45, 2.75) is 37.2 Å². The second kappa shape index (κ2) is 7.69. The van der Waals surface area contributed by atoms with Crippen molar-refractivity contribution in [1.82, 2.24) is 4.90 Å². The van der Waals surface area contributed by atoms with Crippen molar-refractivity contribution in [3.8, 4) is 0 Å². The standard InChI is InChI=1S/C18H25NO3S/c1-23-12-13-4-6-14(7-5-13)18(21)19-9-2-3-16(19)15-11-22-10-8-17(15)20/h4-7,15-17,20H,2-3,8-12H2,1H3/t15-,16-,17+/m1/s1. The number of ether oxygens (including phenoxy) is 1. The van der Waals surface area contributed by atoms with Gasteiger partial charge in [0.2, 0.25) is 0 Å². The van der Waals surface area contributed by atoms with E-state index in [4.69, 9.17) is 4.74 Å². The van der Waals surface area contributed by atoms with Gasteiger partial charge < -0.3 is 14.7 Å². The first-order valence-electron chi connectivity index (χ1n) is 8.35. The summed E-state index contributed by atoms with van der Waals surface area (Å²) < 4.78 is 5.54. The van der Waals surface area contributed by atoms with E-state index in [0.29, 0.717) is 19.6 Å². The van der Waals surface area contributed by atoms with Gasteiger partial charge in [-0.15, -0.1) is 0 Å². The summed E-state index contributed by atoms with van der Waals surface area (Å²) in [7, 11) is 0. The van der Waals surface area contributed by atoms with Gasteiger partial charge in [-0.25, -0.2) is 0 Å². The monoisotopic (exact) mass is 335 g/mol. The number of thioether (sulfide) groups is 1. The SMILES string of the molecule is CSCc1ccc(C(=O)N2CCC[C@@H]2[C@H]2COCC[C@@H]2O)cc1. The molecule has 1 aromatic carbocycles. The van der Waals surface area contributed by atoms with Crippen LogP contribution in [0.3, 0.4) is 0 Å². The predicted octanol–water partition coefficient (Wildman–Crippen LogP) is 2.55. The van der Waals surface area contributed by atoms with Gasteiger partial charge >= 0.3 is 0 Å². The first-order chi connectivity index (χ1) is 11.2. The molecule has 0 spiro atoms. The zero-order valence-corrected chi connectivity index (χ0v) is 14.4. The molecule has 0 aromatic heterocycles. The van der Waals surface area contributed by atoms with Crippen LogP contribution >= 0.6 is 11.8 Å². The maximum Gasteiger partial charge on any atom is 0.254 e. The summed E-state index contributed by atoms with van der Waals surface area (Å²) in [5.74, 6) is 1.10. The number of likely N-dealkylation sites (tertiary alicyclic amines) is 1. The van der Waals surface area contributed by atoms with E-state index in [-0.39, 0.29) is 24.0 Å². The van der Waals surface area contributed by atoms with E-state index in [1.165, 1.54) is 5.56 Å². The van der Waals surface area contributed by atoms with Crippen molar-refractivity contribution < 1.29 is 14.6 Å². The molecule has 1 N–H and O–H groups in total. The number of nitrogens with zero attached hydrogens (tertiary/aromatic N) is 1. The van der Waals surface area contributed by atoms with Gasteiger partial charge in [0.25, 0.3) is 5.91 Å². The third-order valence-electron chi connectivity index (χ3n) is 4.93.